The number of carbonyl (C=O) groups is 1. The number of allylic oxidation sites excluding steroid dienone is 5. The van der Waals surface area contributed by atoms with Gasteiger partial charge in [-0.3, -0.25) is 0 Å². The number of benzene rings is 1. The van der Waals surface area contributed by atoms with Crippen LogP contribution in [-0.2, 0) is 4.79 Å². The van der Waals surface area contributed by atoms with E-state index in [0.29, 0.717) is 41.1 Å². The molecule has 156 valence electrons. The van der Waals surface area contributed by atoms with Crippen molar-refractivity contribution < 1.29 is 15.0 Å². The van der Waals surface area contributed by atoms with Crippen LogP contribution in [0.4, 0.5) is 0 Å². The van der Waals surface area contributed by atoms with Gasteiger partial charge in [0.2, 0.25) is 0 Å². The minimum absolute atomic E-state index is 0.123. The molecule has 4 aliphatic carbocycles. The molecule has 4 aliphatic rings. The lowest BCUT2D eigenvalue weighted by Crippen LogP contribution is -2.49. The largest absolute Gasteiger partial charge is 0.478 e. The summed E-state index contributed by atoms with van der Waals surface area (Å²) < 4.78 is 0. The normalized spacial score (nSPS) is 37.1. The first-order chi connectivity index (χ1) is 14.6. The van der Waals surface area contributed by atoms with Crippen molar-refractivity contribution in [2.45, 2.75) is 31.8 Å². The van der Waals surface area contributed by atoms with Crippen LogP contribution >= 0.6 is 0 Å². The first-order valence-electron chi connectivity index (χ1n) is 11.3. The zero-order valence-corrected chi connectivity index (χ0v) is 17.2. The van der Waals surface area contributed by atoms with Crippen LogP contribution in [0.15, 0.2) is 72.4 Å². The fourth-order valence-electron chi connectivity index (χ4n) is 6.87. The molecule has 30 heavy (non-hydrogen) atoms. The number of carboxylic acids is 1. The Hall–Kier alpha value is -2.39. The average Bonchev–Trinajstić information content (AvgIpc) is 3.09. The van der Waals surface area contributed by atoms with Crippen LogP contribution in [0.5, 0.6) is 0 Å². The number of hydrogen-bond acceptors (Lipinski definition) is 2. The first-order valence-corrected chi connectivity index (χ1v) is 11.3. The summed E-state index contributed by atoms with van der Waals surface area (Å²) in [6.45, 7) is 0. The van der Waals surface area contributed by atoms with Gasteiger partial charge in [0, 0.05) is 11.5 Å². The predicted octanol–water partition coefficient (Wildman–Crippen LogP) is 5.11. The predicted molar refractivity (Wildman–Crippen MR) is 118 cm³/mol. The molecule has 2 saturated carbocycles. The zero-order chi connectivity index (χ0) is 20.7. The van der Waals surface area contributed by atoms with Gasteiger partial charge in [0.05, 0.1) is 6.10 Å². The van der Waals surface area contributed by atoms with Crippen molar-refractivity contribution in [2.24, 2.45) is 41.4 Å². The zero-order valence-electron chi connectivity index (χ0n) is 17.2. The molecule has 3 nitrogen and oxygen atoms in total. The van der Waals surface area contributed by atoms with E-state index >= 15 is 0 Å². The lowest BCUT2D eigenvalue weighted by Gasteiger charge is -2.54. The molecule has 5 rings (SSSR count). The van der Waals surface area contributed by atoms with Crippen LogP contribution in [0.3, 0.4) is 0 Å². The van der Waals surface area contributed by atoms with Gasteiger partial charge in [0.25, 0.3) is 0 Å². The van der Waals surface area contributed by atoms with E-state index in [2.05, 4.69) is 24.3 Å². The standard InChI is InChI=1S/C27H30O3/c28-19(9-5-4-8-17-6-2-1-3-7-17)11-13-20-21-14-15-22-23(27(29)30)12-10-18-16-24(20)26(21)25(18)22/h1-9,12,14-15,18-22,24-26,28H,10-11,13,16H2,(H,29,30)/b8-4+,9-5+/t18-,19+,20-,21-,22+,24+,25-,26-/m1/s1. The number of aliphatic hydroxyl groups is 1. The first kappa shape index (κ1) is 19.6. The lowest BCUT2D eigenvalue weighted by atomic mass is 9.50. The molecule has 0 saturated heterocycles. The Bertz CT molecular complexity index is 909. The third-order valence-corrected chi connectivity index (χ3v) is 8.08. The smallest absolute Gasteiger partial charge is 0.331 e. The molecule has 0 amide bonds. The van der Waals surface area contributed by atoms with Gasteiger partial charge >= 0.3 is 5.97 Å². The van der Waals surface area contributed by atoms with Gasteiger partial charge in [-0.15, -0.1) is 0 Å². The Kier molecular flexibility index (Phi) is 5.24. The minimum Gasteiger partial charge on any atom is -0.478 e. The van der Waals surface area contributed by atoms with E-state index in [4.69, 9.17) is 0 Å². The molecule has 2 N–H and O–H groups in total. The third kappa shape index (κ3) is 3.39. The van der Waals surface area contributed by atoms with Gasteiger partial charge in [0.15, 0.2) is 0 Å². The Morgan fingerprint density at radius 3 is 2.77 bits per heavy atom. The van der Waals surface area contributed by atoms with Gasteiger partial charge in [0.1, 0.15) is 0 Å². The average molecular weight is 403 g/mol. The van der Waals surface area contributed by atoms with E-state index in [1.807, 2.05) is 48.6 Å². The summed E-state index contributed by atoms with van der Waals surface area (Å²) in [5.41, 5.74) is 1.78. The molecule has 1 aromatic rings. The SMILES string of the molecule is O=C(O)C1=CC[C@@H]2C[C@H]3[C@H](CC[C@@H](O)/C=C/C=C/c4ccccc4)[C@H]4C=C[C@@H]1[C@@H]2[C@H]43. The molecule has 8 atom stereocenters. The minimum atomic E-state index is -0.739. The second-order valence-electron chi connectivity index (χ2n) is 9.47. The maximum absolute atomic E-state index is 11.6. The molecule has 0 unspecified atom stereocenters. The second-order valence-corrected chi connectivity index (χ2v) is 9.47. The summed E-state index contributed by atoms with van der Waals surface area (Å²) in [6, 6.07) is 10.2. The van der Waals surface area contributed by atoms with Crippen molar-refractivity contribution in [3.05, 3.63) is 77.9 Å². The number of aliphatic hydroxyl groups excluding tert-OH is 1. The van der Waals surface area contributed by atoms with Gasteiger partial charge in [-0.1, -0.05) is 72.9 Å². The van der Waals surface area contributed by atoms with Crippen molar-refractivity contribution >= 4 is 12.0 Å². The molecule has 0 spiro atoms. The highest BCUT2D eigenvalue weighted by Crippen LogP contribution is 2.67. The fraction of sp³-hybridized carbons (Fsp3) is 0.444. The number of hydrogen-bond donors (Lipinski definition) is 2. The molecule has 0 aromatic heterocycles. The second kappa shape index (κ2) is 8.03. The molecule has 0 heterocycles. The van der Waals surface area contributed by atoms with Crippen molar-refractivity contribution in [3.8, 4) is 0 Å². The molecule has 3 heteroatoms. The molecule has 1 aromatic carbocycles. The van der Waals surface area contributed by atoms with Crippen molar-refractivity contribution in [1.29, 1.82) is 0 Å². The summed E-state index contributed by atoms with van der Waals surface area (Å²) in [5.74, 6) is 3.18. The highest BCUT2D eigenvalue weighted by atomic mass is 16.4. The van der Waals surface area contributed by atoms with E-state index < -0.39 is 12.1 Å². The Morgan fingerprint density at radius 2 is 1.97 bits per heavy atom. The summed E-state index contributed by atoms with van der Waals surface area (Å²) in [5, 5.41) is 20.0. The van der Waals surface area contributed by atoms with E-state index in [1.54, 1.807) is 0 Å². The van der Waals surface area contributed by atoms with Gasteiger partial charge in [-0.05, 0) is 66.8 Å². The number of rotatable bonds is 7. The van der Waals surface area contributed by atoms with Gasteiger partial charge in [-0.2, -0.15) is 0 Å². The fourth-order valence-corrected chi connectivity index (χ4v) is 6.87. The van der Waals surface area contributed by atoms with Crippen LogP contribution in [0.25, 0.3) is 6.08 Å². The molecule has 0 bridgehead atoms. The van der Waals surface area contributed by atoms with Crippen LogP contribution in [-0.4, -0.2) is 22.3 Å². The molecule has 0 aliphatic heterocycles. The summed E-state index contributed by atoms with van der Waals surface area (Å²) in [7, 11) is 0. The Morgan fingerprint density at radius 1 is 1.13 bits per heavy atom. The molecule has 2 fully saturated rings. The molecule has 0 radical (unpaired) electrons. The highest BCUT2D eigenvalue weighted by Gasteiger charge is 2.62. The highest BCUT2D eigenvalue weighted by molar-refractivity contribution is 5.88. The Labute approximate surface area is 178 Å². The van der Waals surface area contributed by atoms with Crippen molar-refractivity contribution in [3.63, 3.8) is 0 Å². The van der Waals surface area contributed by atoms with Crippen LogP contribution < -0.4 is 0 Å². The van der Waals surface area contributed by atoms with E-state index in [9.17, 15) is 15.0 Å². The number of aliphatic carboxylic acids is 1. The van der Waals surface area contributed by atoms with E-state index in [1.165, 1.54) is 6.42 Å². The van der Waals surface area contributed by atoms with Crippen LogP contribution in [0.2, 0.25) is 0 Å². The van der Waals surface area contributed by atoms with Crippen LogP contribution in [0.1, 0.15) is 31.2 Å². The van der Waals surface area contributed by atoms with Gasteiger partial charge in [-0.25, -0.2) is 4.79 Å². The van der Waals surface area contributed by atoms with Gasteiger partial charge < -0.3 is 10.2 Å². The monoisotopic (exact) mass is 402 g/mol. The summed E-state index contributed by atoms with van der Waals surface area (Å²) >= 11 is 0. The summed E-state index contributed by atoms with van der Waals surface area (Å²) in [6.07, 6.45) is 17.9. The van der Waals surface area contributed by atoms with Crippen molar-refractivity contribution in [1.82, 2.24) is 0 Å². The quantitative estimate of drug-likeness (QED) is 0.492. The van der Waals surface area contributed by atoms with E-state index in [-0.39, 0.29) is 5.92 Å². The van der Waals surface area contributed by atoms with E-state index in [0.717, 1.165) is 24.8 Å². The molecular formula is C27H30O3. The molecular weight excluding hydrogens is 372 g/mol. The number of carboxylic acid groups (broad SMARTS) is 1. The maximum atomic E-state index is 11.6. The van der Waals surface area contributed by atoms with Crippen molar-refractivity contribution in [2.75, 3.05) is 0 Å². The Balaban J connectivity index is 1.17. The lowest BCUT2D eigenvalue weighted by molar-refractivity contribution is -0.133. The maximum Gasteiger partial charge on any atom is 0.331 e. The van der Waals surface area contributed by atoms with Crippen LogP contribution in [0, 0.1) is 41.4 Å². The third-order valence-electron chi connectivity index (χ3n) is 8.08. The topological polar surface area (TPSA) is 57.5 Å². The summed E-state index contributed by atoms with van der Waals surface area (Å²) in [4.78, 5) is 11.6.